The van der Waals surface area contributed by atoms with E-state index in [0.717, 1.165) is 20.6 Å². The summed E-state index contributed by atoms with van der Waals surface area (Å²) in [5.41, 5.74) is 0. The van der Waals surface area contributed by atoms with Gasteiger partial charge in [0.2, 0.25) is 0 Å². The molecule has 15 heavy (non-hydrogen) atoms. The summed E-state index contributed by atoms with van der Waals surface area (Å²) < 4.78 is 1.05. The number of hydrogen-bond donors (Lipinski definition) is 0. The molecule has 0 aliphatic heterocycles. The van der Waals surface area contributed by atoms with Gasteiger partial charge in [-0.2, -0.15) is 0 Å². The Hall–Kier alpha value is 0.950. The summed E-state index contributed by atoms with van der Waals surface area (Å²) in [5, 5.41) is 0.838. The molecule has 0 spiro atoms. The third-order valence-electron chi connectivity index (χ3n) is 3.24. The summed E-state index contributed by atoms with van der Waals surface area (Å²) in [5.74, 6) is 1.60. The van der Waals surface area contributed by atoms with Crippen molar-refractivity contribution in [2.24, 2.45) is 11.8 Å². The van der Waals surface area contributed by atoms with Crippen LogP contribution in [0.4, 0.5) is 0 Å². The minimum atomic E-state index is 0.476. The smallest absolute Gasteiger partial charge is 0.0887 e. The Labute approximate surface area is 117 Å². The number of alkyl halides is 1. The van der Waals surface area contributed by atoms with Crippen LogP contribution >= 0.6 is 54.8 Å². The van der Waals surface area contributed by atoms with Crippen LogP contribution in [-0.2, 0) is 0 Å². The molecule has 1 aromatic rings. The highest BCUT2D eigenvalue weighted by Crippen LogP contribution is 2.48. The van der Waals surface area contributed by atoms with Crippen LogP contribution in [0.2, 0.25) is 5.02 Å². The zero-order valence-corrected chi connectivity index (χ0v) is 13.2. The van der Waals surface area contributed by atoms with E-state index in [1.165, 1.54) is 24.1 Å². The van der Waals surface area contributed by atoms with Crippen molar-refractivity contribution < 1.29 is 0 Å². The van der Waals surface area contributed by atoms with Crippen molar-refractivity contribution in [1.82, 2.24) is 0 Å². The standard InChI is InChI=1S/C11H13Br2ClS/c1-6-3-2-4-7(6)10(12)9-5-8(14)11(13)15-9/h5-7,10H,2-4H2,1H3. The molecule has 1 aromatic heterocycles. The molecule has 0 bridgehead atoms. The molecule has 0 saturated heterocycles. The third kappa shape index (κ3) is 2.62. The van der Waals surface area contributed by atoms with E-state index in [0.29, 0.717) is 4.83 Å². The molecular weight excluding hydrogens is 359 g/mol. The average molecular weight is 373 g/mol. The van der Waals surface area contributed by atoms with E-state index in [-0.39, 0.29) is 0 Å². The lowest BCUT2D eigenvalue weighted by Gasteiger charge is -2.20. The van der Waals surface area contributed by atoms with Gasteiger partial charge in [-0.1, -0.05) is 47.3 Å². The largest absolute Gasteiger partial charge is 0.130 e. The van der Waals surface area contributed by atoms with Crippen molar-refractivity contribution in [3.63, 3.8) is 0 Å². The summed E-state index contributed by atoms with van der Waals surface area (Å²) in [6.45, 7) is 2.36. The summed E-state index contributed by atoms with van der Waals surface area (Å²) in [6.07, 6.45) is 4.07. The number of halogens is 3. The summed E-state index contributed by atoms with van der Waals surface area (Å²) in [6, 6.07) is 2.08. The highest BCUT2D eigenvalue weighted by atomic mass is 79.9. The van der Waals surface area contributed by atoms with Crippen molar-refractivity contribution in [2.45, 2.75) is 31.0 Å². The van der Waals surface area contributed by atoms with Gasteiger partial charge in [-0.05, 0) is 40.3 Å². The van der Waals surface area contributed by atoms with Crippen LogP contribution in [0.5, 0.6) is 0 Å². The second-order valence-electron chi connectivity index (χ2n) is 4.24. The minimum absolute atomic E-state index is 0.476. The second kappa shape index (κ2) is 5.07. The van der Waals surface area contributed by atoms with Crippen LogP contribution in [0.25, 0.3) is 0 Å². The van der Waals surface area contributed by atoms with E-state index in [1.807, 2.05) is 0 Å². The first-order chi connectivity index (χ1) is 7.09. The summed E-state index contributed by atoms with van der Waals surface area (Å²) in [4.78, 5) is 1.83. The quantitative estimate of drug-likeness (QED) is 0.556. The highest BCUT2D eigenvalue weighted by Gasteiger charge is 2.31. The third-order valence-corrected chi connectivity index (χ3v) is 7.27. The van der Waals surface area contributed by atoms with Gasteiger partial charge in [0.1, 0.15) is 0 Å². The van der Waals surface area contributed by atoms with E-state index in [1.54, 1.807) is 11.3 Å². The lowest BCUT2D eigenvalue weighted by Crippen LogP contribution is -2.09. The molecule has 1 fully saturated rings. The molecule has 0 aromatic carbocycles. The maximum absolute atomic E-state index is 6.06. The molecule has 84 valence electrons. The van der Waals surface area contributed by atoms with E-state index >= 15 is 0 Å². The fourth-order valence-electron chi connectivity index (χ4n) is 2.32. The first kappa shape index (κ1) is 12.4. The van der Waals surface area contributed by atoms with E-state index in [9.17, 15) is 0 Å². The summed E-state index contributed by atoms with van der Waals surface area (Å²) >= 11 is 15.1. The first-order valence-electron chi connectivity index (χ1n) is 5.18. The summed E-state index contributed by atoms with van der Waals surface area (Å²) in [7, 11) is 0. The van der Waals surface area contributed by atoms with Crippen LogP contribution in [0.15, 0.2) is 9.85 Å². The Balaban J connectivity index is 2.16. The Bertz CT molecular complexity index is 331. The molecule has 1 saturated carbocycles. The van der Waals surface area contributed by atoms with Crippen molar-refractivity contribution >= 4 is 54.8 Å². The van der Waals surface area contributed by atoms with Gasteiger partial charge < -0.3 is 0 Å². The zero-order chi connectivity index (χ0) is 11.0. The normalized spacial score (nSPS) is 28.3. The van der Waals surface area contributed by atoms with Gasteiger partial charge in [0.25, 0.3) is 0 Å². The van der Waals surface area contributed by atoms with Gasteiger partial charge in [0.15, 0.2) is 0 Å². The predicted octanol–water partition coefficient (Wildman–Crippen LogP) is 6.04. The van der Waals surface area contributed by atoms with Gasteiger partial charge in [-0.15, -0.1) is 11.3 Å². The second-order valence-corrected chi connectivity index (χ2v) is 8.04. The minimum Gasteiger partial charge on any atom is -0.130 e. The molecule has 0 nitrogen and oxygen atoms in total. The van der Waals surface area contributed by atoms with Crippen molar-refractivity contribution in [1.29, 1.82) is 0 Å². The first-order valence-corrected chi connectivity index (χ1v) is 8.08. The number of thiophene rings is 1. The maximum Gasteiger partial charge on any atom is 0.0887 e. The lowest BCUT2D eigenvalue weighted by atomic mass is 9.94. The monoisotopic (exact) mass is 370 g/mol. The number of rotatable bonds is 2. The average Bonchev–Trinajstić information content (AvgIpc) is 2.74. The Morgan fingerprint density at radius 2 is 2.27 bits per heavy atom. The van der Waals surface area contributed by atoms with Crippen LogP contribution < -0.4 is 0 Å². The Morgan fingerprint density at radius 1 is 1.53 bits per heavy atom. The SMILES string of the molecule is CC1CCCC1C(Br)c1cc(Cl)c(Br)s1. The molecular formula is C11H13Br2ClS. The zero-order valence-electron chi connectivity index (χ0n) is 8.47. The van der Waals surface area contributed by atoms with Crippen molar-refractivity contribution in [3.05, 3.63) is 19.8 Å². The van der Waals surface area contributed by atoms with E-state index < -0.39 is 0 Å². The molecule has 4 heteroatoms. The molecule has 1 aliphatic carbocycles. The fourth-order valence-corrected chi connectivity index (χ4v) is 5.32. The van der Waals surface area contributed by atoms with E-state index in [4.69, 9.17) is 11.6 Å². The Kier molecular flexibility index (Phi) is 4.20. The fraction of sp³-hybridized carbons (Fsp3) is 0.636. The molecule has 0 N–H and O–H groups in total. The van der Waals surface area contributed by atoms with Crippen LogP contribution in [0.3, 0.4) is 0 Å². The van der Waals surface area contributed by atoms with Gasteiger partial charge >= 0.3 is 0 Å². The van der Waals surface area contributed by atoms with E-state index in [2.05, 4.69) is 44.8 Å². The van der Waals surface area contributed by atoms with Crippen LogP contribution in [0, 0.1) is 11.8 Å². The van der Waals surface area contributed by atoms with Crippen molar-refractivity contribution in [3.8, 4) is 0 Å². The number of hydrogen-bond acceptors (Lipinski definition) is 1. The molecule has 1 aliphatic rings. The molecule has 0 amide bonds. The van der Waals surface area contributed by atoms with Gasteiger partial charge in [0, 0.05) is 4.88 Å². The molecule has 2 rings (SSSR count). The highest BCUT2D eigenvalue weighted by molar-refractivity contribution is 9.11. The lowest BCUT2D eigenvalue weighted by molar-refractivity contribution is 0.417. The predicted molar refractivity (Wildman–Crippen MR) is 75.2 cm³/mol. The molecule has 1 heterocycles. The van der Waals surface area contributed by atoms with Gasteiger partial charge in [0.05, 0.1) is 13.6 Å². The van der Waals surface area contributed by atoms with Gasteiger partial charge in [-0.3, -0.25) is 0 Å². The maximum atomic E-state index is 6.06. The Morgan fingerprint density at radius 3 is 2.73 bits per heavy atom. The molecule has 3 atom stereocenters. The van der Waals surface area contributed by atoms with Gasteiger partial charge in [-0.25, -0.2) is 0 Å². The molecule has 0 radical (unpaired) electrons. The van der Waals surface area contributed by atoms with Crippen LogP contribution in [0.1, 0.15) is 35.9 Å². The van der Waals surface area contributed by atoms with Crippen LogP contribution in [-0.4, -0.2) is 0 Å². The topological polar surface area (TPSA) is 0 Å². The van der Waals surface area contributed by atoms with Crippen molar-refractivity contribution in [2.75, 3.05) is 0 Å². The molecule has 3 unspecified atom stereocenters.